The van der Waals surface area contributed by atoms with Crippen molar-refractivity contribution in [2.24, 2.45) is 5.92 Å². The molecule has 52 valence electrons. The molecule has 1 aliphatic heterocycles. The molecule has 1 heterocycles. The first-order valence-electron chi connectivity index (χ1n) is 3.69. The maximum Gasteiger partial charge on any atom is 0.0568 e. The van der Waals surface area contributed by atoms with E-state index >= 15 is 0 Å². The molecule has 2 rings (SSSR count). The van der Waals surface area contributed by atoms with Gasteiger partial charge in [-0.15, -0.1) is 0 Å². The van der Waals surface area contributed by atoms with E-state index in [1.165, 1.54) is 5.57 Å². The average Bonchev–Trinajstić information content (AvgIpc) is 2.36. The van der Waals surface area contributed by atoms with E-state index in [2.05, 4.69) is 36.5 Å². The van der Waals surface area contributed by atoms with Crippen molar-refractivity contribution >= 4 is 0 Å². The minimum atomic E-state index is 0.546. The zero-order valence-electron chi connectivity index (χ0n) is 6.04. The van der Waals surface area contributed by atoms with Crippen LogP contribution in [0.2, 0.25) is 0 Å². The molecule has 1 heteroatoms. The number of nitrogens with one attached hydrogen (secondary N) is 1. The Balaban J connectivity index is 2.31. The van der Waals surface area contributed by atoms with Gasteiger partial charge in [0.2, 0.25) is 0 Å². The molecule has 2 aliphatic rings. The molecule has 0 saturated heterocycles. The number of fused-ring (bicyclic) bond motifs is 1. The minimum Gasteiger partial charge on any atom is -0.383 e. The summed E-state index contributed by atoms with van der Waals surface area (Å²) in [6.07, 6.45) is 10.7. The van der Waals surface area contributed by atoms with Gasteiger partial charge in [0.25, 0.3) is 0 Å². The first-order valence-corrected chi connectivity index (χ1v) is 3.69. The van der Waals surface area contributed by atoms with Gasteiger partial charge in [-0.1, -0.05) is 25.2 Å². The molecule has 2 atom stereocenters. The Morgan fingerprint density at radius 3 is 3.20 bits per heavy atom. The molecule has 0 spiro atoms. The molecule has 0 aromatic heterocycles. The van der Waals surface area contributed by atoms with Crippen molar-refractivity contribution in [1.82, 2.24) is 5.32 Å². The number of hydrogen-bond acceptors (Lipinski definition) is 1. The standard InChI is InChI=1S/C9H11N/c1-7-3-2-4-8-5-6-10-9(7)8/h2-7,9-10H,1H3. The van der Waals surface area contributed by atoms with Crippen LogP contribution in [-0.2, 0) is 0 Å². The fraction of sp³-hybridized carbons (Fsp3) is 0.333. The third-order valence-corrected chi connectivity index (χ3v) is 2.14. The molecular weight excluding hydrogens is 122 g/mol. The van der Waals surface area contributed by atoms with E-state index in [9.17, 15) is 0 Å². The molecule has 0 radical (unpaired) electrons. The lowest BCUT2D eigenvalue weighted by Gasteiger charge is -2.20. The van der Waals surface area contributed by atoms with Crippen molar-refractivity contribution in [3.05, 3.63) is 36.1 Å². The van der Waals surface area contributed by atoms with Gasteiger partial charge in [0.05, 0.1) is 6.04 Å². The van der Waals surface area contributed by atoms with E-state index < -0.39 is 0 Å². The summed E-state index contributed by atoms with van der Waals surface area (Å²) < 4.78 is 0. The SMILES string of the molecule is CC1C=CC=C2C=CNC21. The third-order valence-electron chi connectivity index (χ3n) is 2.14. The van der Waals surface area contributed by atoms with Gasteiger partial charge in [-0.3, -0.25) is 0 Å². The smallest absolute Gasteiger partial charge is 0.0568 e. The van der Waals surface area contributed by atoms with Crippen molar-refractivity contribution in [1.29, 1.82) is 0 Å². The van der Waals surface area contributed by atoms with Crippen molar-refractivity contribution in [3.63, 3.8) is 0 Å². The van der Waals surface area contributed by atoms with Gasteiger partial charge in [-0.2, -0.15) is 0 Å². The molecule has 1 N–H and O–H groups in total. The van der Waals surface area contributed by atoms with Gasteiger partial charge in [-0.05, 0) is 23.8 Å². The van der Waals surface area contributed by atoms with Crippen LogP contribution in [0.5, 0.6) is 0 Å². The van der Waals surface area contributed by atoms with E-state index in [0.717, 1.165) is 0 Å². The molecule has 0 bridgehead atoms. The van der Waals surface area contributed by atoms with Gasteiger partial charge < -0.3 is 5.32 Å². The van der Waals surface area contributed by atoms with E-state index in [1.807, 2.05) is 6.20 Å². The molecule has 1 nitrogen and oxygen atoms in total. The van der Waals surface area contributed by atoms with Crippen LogP contribution in [0.4, 0.5) is 0 Å². The molecule has 0 saturated carbocycles. The van der Waals surface area contributed by atoms with Crippen LogP contribution in [0.1, 0.15) is 6.92 Å². The van der Waals surface area contributed by atoms with E-state index in [1.54, 1.807) is 0 Å². The summed E-state index contributed by atoms with van der Waals surface area (Å²) in [6, 6.07) is 0.546. The van der Waals surface area contributed by atoms with Crippen LogP contribution in [0, 0.1) is 5.92 Å². The highest BCUT2D eigenvalue weighted by molar-refractivity contribution is 5.38. The molecule has 0 aromatic rings. The van der Waals surface area contributed by atoms with Crippen molar-refractivity contribution in [3.8, 4) is 0 Å². The second-order valence-electron chi connectivity index (χ2n) is 2.89. The maximum absolute atomic E-state index is 3.31. The summed E-state index contributed by atoms with van der Waals surface area (Å²) in [6.45, 7) is 2.23. The van der Waals surface area contributed by atoms with Crippen LogP contribution < -0.4 is 5.32 Å². The van der Waals surface area contributed by atoms with Crippen LogP contribution in [-0.4, -0.2) is 6.04 Å². The fourth-order valence-corrected chi connectivity index (χ4v) is 1.52. The molecule has 10 heavy (non-hydrogen) atoms. The molecule has 0 fully saturated rings. The van der Waals surface area contributed by atoms with Gasteiger partial charge in [0.1, 0.15) is 0 Å². The molecule has 0 aromatic carbocycles. The normalized spacial score (nSPS) is 35.1. The van der Waals surface area contributed by atoms with Crippen molar-refractivity contribution in [2.45, 2.75) is 13.0 Å². The van der Waals surface area contributed by atoms with Crippen LogP contribution >= 0.6 is 0 Å². The Kier molecular flexibility index (Phi) is 1.16. The van der Waals surface area contributed by atoms with E-state index in [0.29, 0.717) is 12.0 Å². The number of allylic oxidation sites excluding steroid dienone is 2. The zero-order chi connectivity index (χ0) is 6.97. The highest BCUT2D eigenvalue weighted by Crippen LogP contribution is 2.22. The predicted octanol–water partition coefficient (Wildman–Crippen LogP) is 1.60. The lowest BCUT2D eigenvalue weighted by molar-refractivity contribution is 0.558. The Hall–Kier alpha value is -0.980. The monoisotopic (exact) mass is 133 g/mol. The topological polar surface area (TPSA) is 12.0 Å². The molecule has 2 unspecified atom stereocenters. The second-order valence-corrected chi connectivity index (χ2v) is 2.89. The van der Waals surface area contributed by atoms with Crippen LogP contribution in [0.15, 0.2) is 36.1 Å². The Labute approximate surface area is 61.1 Å². The summed E-state index contributed by atoms with van der Waals surface area (Å²) in [5.41, 5.74) is 1.41. The van der Waals surface area contributed by atoms with Crippen LogP contribution in [0.25, 0.3) is 0 Å². The number of rotatable bonds is 0. The van der Waals surface area contributed by atoms with E-state index in [-0.39, 0.29) is 0 Å². The number of hydrogen-bond donors (Lipinski definition) is 1. The molecule has 0 amide bonds. The highest BCUT2D eigenvalue weighted by atomic mass is 14.9. The van der Waals surface area contributed by atoms with Gasteiger partial charge in [0, 0.05) is 0 Å². The molecular formula is C9H11N. The predicted molar refractivity (Wildman–Crippen MR) is 42.5 cm³/mol. The summed E-state index contributed by atoms with van der Waals surface area (Å²) in [5, 5.41) is 3.31. The fourth-order valence-electron chi connectivity index (χ4n) is 1.52. The van der Waals surface area contributed by atoms with Gasteiger partial charge >= 0.3 is 0 Å². The summed E-state index contributed by atoms with van der Waals surface area (Å²) in [5.74, 6) is 0.634. The summed E-state index contributed by atoms with van der Waals surface area (Å²) in [4.78, 5) is 0. The largest absolute Gasteiger partial charge is 0.383 e. The third kappa shape index (κ3) is 0.703. The van der Waals surface area contributed by atoms with Crippen molar-refractivity contribution < 1.29 is 0 Å². The minimum absolute atomic E-state index is 0.546. The van der Waals surface area contributed by atoms with Crippen molar-refractivity contribution in [2.75, 3.05) is 0 Å². The summed E-state index contributed by atoms with van der Waals surface area (Å²) >= 11 is 0. The lowest BCUT2D eigenvalue weighted by atomic mass is 9.92. The summed E-state index contributed by atoms with van der Waals surface area (Å²) in [7, 11) is 0. The average molecular weight is 133 g/mol. The zero-order valence-corrected chi connectivity index (χ0v) is 6.04. The Bertz CT molecular complexity index is 223. The maximum atomic E-state index is 3.31. The van der Waals surface area contributed by atoms with Gasteiger partial charge in [0.15, 0.2) is 0 Å². The van der Waals surface area contributed by atoms with Gasteiger partial charge in [-0.25, -0.2) is 0 Å². The first kappa shape index (κ1) is 5.78. The van der Waals surface area contributed by atoms with Crippen LogP contribution in [0.3, 0.4) is 0 Å². The lowest BCUT2D eigenvalue weighted by Crippen LogP contribution is -2.28. The van der Waals surface area contributed by atoms with E-state index in [4.69, 9.17) is 0 Å². The first-order chi connectivity index (χ1) is 4.88. The Morgan fingerprint density at radius 1 is 1.50 bits per heavy atom. The quantitative estimate of drug-likeness (QED) is 0.529. The highest BCUT2D eigenvalue weighted by Gasteiger charge is 2.21. The second kappa shape index (κ2) is 2.01. The Morgan fingerprint density at radius 2 is 2.40 bits per heavy atom. The molecule has 1 aliphatic carbocycles.